The number of hydrogen-bond acceptors (Lipinski definition) is 3. The summed E-state index contributed by atoms with van der Waals surface area (Å²) < 4.78 is 0. The van der Waals surface area contributed by atoms with Crippen LogP contribution in [0.4, 0.5) is 0 Å². The Morgan fingerprint density at radius 2 is 2.08 bits per heavy atom. The maximum absolute atomic E-state index is 13.0. The van der Waals surface area contributed by atoms with Crippen molar-refractivity contribution in [1.82, 2.24) is 14.9 Å². The van der Waals surface area contributed by atoms with E-state index in [1.807, 2.05) is 29.2 Å². The van der Waals surface area contributed by atoms with Gasteiger partial charge >= 0.3 is 0 Å². The number of aromatic amines is 1. The molecule has 1 N–H and O–H groups in total. The normalized spacial score (nSPS) is 23.3. The van der Waals surface area contributed by atoms with Gasteiger partial charge in [-0.05, 0) is 37.8 Å². The van der Waals surface area contributed by atoms with Crippen molar-refractivity contribution in [2.24, 2.45) is 5.41 Å². The van der Waals surface area contributed by atoms with Crippen LogP contribution < -0.4 is 0 Å². The third kappa shape index (κ3) is 2.47. The molecule has 0 radical (unpaired) electrons. The molecular weight excluding hydrogens is 300 g/mol. The van der Waals surface area contributed by atoms with E-state index in [2.05, 4.69) is 11.1 Å². The lowest BCUT2D eigenvalue weighted by atomic mass is 9.85. The summed E-state index contributed by atoms with van der Waals surface area (Å²) in [7, 11) is 0. The Morgan fingerprint density at radius 1 is 1.29 bits per heavy atom. The number of carbonyl (C=O) groups excluding carboxylic acids is 1. The van der Waals surface area contributed by atoms with E-state index in [-0.39, 0.29) is 11.8 Å². The molecule has 2 heterocycles. The monoisotopic (exact) mass is 322 g/mol. The summed E-state index contributed by atoms with van der Waals surface area (Å²) in [5.41, 5.74) is 1.25. The maximum atomic E-state index is 13.0. The van der Waals surface area contributed by atoms with Gasteiger partial charge in [0, 0.05) is 19.0 Å². The summed E-state index contributed by atoms with van der Waals surface area (Å²) >= 11 is 0. The summed E-state index contributed by atoms with van der Waals surface area (Å²) in [4.78, 5) is 23.0. The fourth-order valence-corrected chi connectivity index (χ4v) is 4.21. The third-order valence-corrected chi connectivity index (χ3v) is 5.58. The molecule has 1 aromatic carbocycles. The van der Waals surface area contributed by atoms with Gasteiger partial charge < -0.3 is 9.88 Å². The molecule has 2 aromatic rings. The van der Waals surface area contributed by atoms with Crippen molar-refractivity contribution in [1.29, 1.82) is 5.26 Å². The number of amides is 1. The number of imidazole rings is 1. The number of likely N-dealkylation sites (tertiary alicyclic amines) is 1. The van der Waals surface area contributed by atoms with E-state index in [1.54, 1.807) is 0 Å². The Balaban J connectivity index is 1.55. The van der Waals surface area contributed by atoms with Gasteiger partial charge in [0.2, 0.25) is 5.91 Å². The molecule has 1 amide bonds. The summed E-state index contributed by atoms with van der Waals surface area (Å²) in [5.74, 6) is 1.24. The lowest BCUT2D eigenvalue weighted by Gasteiger charge is -2.35. The number of carbonyl (C=O) groups is 1. The van der Waals surface area contributed by atoms with Crippen molar-refractivity contribution in [3.63, 3.8) is 0 Å². The zero-order valence-electron chi connectivity index (χ0n) is 13.8. The highest BCUT2D eigenvalue weighted by molar-refractivity contribution is 5.86. The first-order chi connectivity index (χ1) is 11.7. The number of nitriles is 1. The molecule has 5 heteroatoms. The first kappa shape index (κ1) is 15.2. The lowest BCUT2D eigenvalue weighted by Crippen LogP contribution is -2.46. The zero-order chi connectivity index (χ0) is 16.6. The van der Waals surface area contributed by atoms with Gasteiger partial charge in [-0.2, -0.15) is 5.26 Å². The van der Waals surface area contributed by atoms with E-state index in [1.165, 1.54) is 0 Å². The molecule has 1 saturated heterocycles. The molecule has 24 heavy (non-hydrogen) atoms. The number of fused-ring (bicyclic) bond motifs is 1. The van der Waals surface area contributed by atoms with E-state index in [0.717, 1.165) is 49.1 Å². The molecule has 2 aliphatic rings. The van der Waals surface area contributed by atoms with Crippen LogP contribution in [0.5, 0.6) is 0 Å². The lowest BCUT2D eigenvalue weighted by molar-refractivity contribution is -0.140. The first-order valence-electron chi connectivity index (χ1n) is 8.87. The Kier molecular flexibility index (Phi) is 3.76. The largest absolute Gasteiger partial charge is 0.342 e. The summed E-state index contributed by atoms with van der Waals surface area (Å²) in [6.07, 6.45) is 5.40. The van der Waals surface area contributed by atoms with Crippen LogP contribution in [0.1, 0.15) is 50.3 Å². The highest BCUT2D eigenvalue weighted by Gasteiger charge is 2.45. The minimum Gasteiger partial charge on any atom is -0.342 e. The van der Waals surface area contributed by atoms with E-state index in [4.69, 9.17) is 4.98 Å². The molecule has 1 aromatic heterocycles. The quantitative estimate of drug-likeness (QED) is 0.921. The second-order valence-corrected chi connectivity index (χ2v) is 7.13. The second kappa shape index (κ2) is 5.94. The van der Waals surface area contributed by atoms with Gasteiger partial charge in [0.15, 0.2) is 0 Å². The SMILES string of the molecule is N#CC1(C(=O)N2CCCC(c3nc4ccccc4[nH]3)C2)CCCC1. The van der Waals surface area contributed by atoms with Crippen molar-refractivity contribution in [3.05, 3.63) is 30.1 Å². The Labute approximate surface area is 141 Å². The zero-order valence-corrected chi connectivity index (χ0v) is 13.8. The van der Waals surface area contributed by atoms with Crippen molar-refractivity contribution < 1.29 is 4.79 Å². The molecule has 2 fully saturated rings. The molecule has 0 bridgehead atoms. The Morgan fingerprint density at radius 3 is 2.83 bits per heavy atom. The van der Waals surface area contributed by atoms with Crippen molar-refractivity contribution >= 4 is 16.9 Å². The average molecular weight is 322 g/mol. The number of para-hydroxylation sites is 2. The average Bonchev–Trinajstić information content (AvgIpc) is 3.28. The highest BCUT2D eigenvalue weighted by atomic mass is 16.2. The van der Waals surface area contributed by atoms with Crippen molar-refractivity contribution in [3.8, 4) is 6.07 Å². The van der Waals surface area contributed by atoms with Crippen LogP contribution in [0.2, 0.25) is 0 Å². The van der Waals surface area contributed by atoms with Crippen molar-refractivity contribution in [2.45, 2.75) is 44.4 Å². The number of piperidine rings is 1. The minimum absolute atomic E-state index is 0.0447. The minimum atomic E-state index is -0.768. The molecule has 124 valence electrons. The number of nitrogens with one attached hydrogen (secondary N) is 1. The third-order valence-electron chi connectivity index (χ3n) is 5.58. The van der Waals surface area contributed by atoms with Gasteiger partial charge in [0.1, 0.15) is 11.2 Å². The highest BCUT2D eigenvalue weighted by Crippen LogP contribution is 2.40. The van der Waals surface area contributed by atoms with Gasteiger partial charge in [-0.25, -0.2) is 4.98 Å². The van der Waals surface area contributed by atoms with E-state index in [0.29, 0.717) is 19.4 Å². The molecule has 1 saturated carbocycles. The van der Waals surface area contributed by atoms with E-state index >= 15 is 0 Å². The van der Waals surface area contributed by atoms with Gasteiger partial charge in [0.05, 0.1) is 17.1 Å². The van der Waals surface area contributed by atoms with Crippen LogP contribution >= 0.6 is 0 Å². The number of benzene rings is 1. The van der Waals surface area contributed by atoms with Crippen LogP contribution in [-0.2, 0) is 4.79 Å². The predicted octanol–water partition coefficient (Wildman–Crippen LogP) is 3.35. The number of rotatable bonds is 2. The van der Waals surface area contributed by atoms with Gasteiger partial charge in [-0.3, -0.25) is 4.79 Å². The molecule has 4 rings (SSSR count). The summed E-state index contributed by atoms with van der Waals surface area (Å²) in [6, 6.07) is 10.4. The summed E-state index contributed by atoms with van der Waals surface area (Å²) in [6.45, 7) is 1.43. The fourth-order valence-electron chi connectivity index (χ4n) is 4.21. The number of nitrogens with zero attached hydrogens (tertiary/aromatic N) is 3. The predicted molar refractivity (Wildman–Crippen MR) is 91.2 cm³/mol. The first-order valence-corrected chi connectivity index (χ1v) is 8.87. The van der Waals surface area contributed by atoms with Gasteiger partial charge in [-0.1, -0.05) is 25.0 Å². The van der Waals surface area contributed by atoms with Crippen LogP contribution in [0.3, 0.4) is 0 Å². The maximum Gasteiger partial charge on any atom is 0.243 e. The van der Waals surface area contributed by atoms with E-state index in [9.17, 15) is 10.1 Å². The topological polar surface area (TPSA) is 72.8 Å². The molecule has 5 nitrogen and oxygen atoms in total. The molecular formula is C19H22N4O. The number of H-pyrrole nitrogens is 1. The molecule has 1 atom stereocenters. The Hall–Kier alpha value is -2.35. The number of aromatic nitrogens is 2. The molecule has 1 aliphatic carbocycles. The Bertz CT molecular complexity index is 764. The van der Waals surface area contributed by atoms with E-state index < -0.39 is 5.41 Å². The second-order valence-electron chi connectivity index (χ2n) is 7.13. The van der Waals surface area contributed by atoms with Gasteiger partial charge in [0.25, 0.3) is 0 Å². The fraction of sp³-hybridized carbons (Fsp3) is 0.526. The molecule has 1 unspecified atom stereocenters. The van der Waals surface area contributed by atoms with Gasteiger partial charge in [-0.15, -0.1) is 0 Å². The van der Waals surface area contributed by atoms with Crippen LogP contribution in [-0.4, -0.2) is 33.9 Å². The summed E-state index contributed by atoms with van der Waals surface area (Å²) in [5, 5.41) is 9.58. The van der Waals surface area contributed by atoms with Crippen LogP contribution in [0.25, 0.3) is 11.0 Å². The van der Waals surface area contributed by atoms with Crippen LogP contribution in [0, 0.1) is 16.7 Å². The molecule has 1 aliphatic heterocycles. The van der Waals surface area contributed by atoms with Crippen LogP contribution in [0.15, 0.2) is 24.3 Å². The van der Waals surface area contributed by atoms with Crippen molar-refractivity contribution in [2.75, 3.05) is 13.1 Å². The standard InChI is InChI=1S/C19H22N4O/c20-13-19(9-3-4-10-19)18(24)23-11-5-6-14(12-23)17-21-15-7-1-2-8-16(15)22-17/h1-2,7-8,14H,3-6,9-12H2,(H,21,22). The number of hydrogen-bond donors (Lipinski definition) is 1. The smallest absolute Gasteiger partial charge is 0.243 e. The molecule has 0 spiro atoms.